The van der Waals surface area contributed by atoms with E-state index >= 15 is 0 Å². The summed E-state index contributed by atoms with van der Waals surface area (Å²) in [5.74, 6) is 1.82. The van der Waals surface area contributed by atoms with Crippen LogP contribution in [0, 0.1) is 29.4 Å². The van der Waals surface area contributed by atoms with Crippen LogP contribution in [0.4, 0.5) is 8.78 Å². The van der Waals surface area contributed by atoms with Crippen molar-refractivity contribution in [2.24, 2.45) is 17.8 Å². The molecule has 4 rings (SSSR count). The Labute approximate surface area is 193 Å². The highest BCUT2D eigenvalue weighted by Gasteiger charge is 2.35. The number of hydrogen-bond donors (Lipinski definition) is 0. The van der Waals surface area contributed by atoms with Crippen LogP contribution < -0.4 is 0 Å². The molecule has 2 saturated carbocycles. The lowest BCUT2D eigenvalue weighted by atomic mass is 9.63. The minimum absolute atomic E-state index is 0.455. The van der Waals surface area contributed by atoms with Gasteiger partial charge in [-0.3, -0.25) is 0 Å². The van der Waals surface area contributed by atoms with Crippen LogP contribution in [-0.4, -0.2) is 0 Å². The molecule has 0 radical (unpaired) electrons. The van der Waals surface area contributed by atoms with E-state index in [2.05, 4.69) is 13.0 Å². The zero-order valence-electron chi connectivity index (χ0n) is 20.0. The maximum atomic E-state index is 15.0. The van der Waals surface area contributed by atoms with Gasteiger partial charge in [0.1, 0.15) is 0 Å². The van der Waals surface area contributed by atoms with E-state index in [0.29, 0.717) is 23.3 Å². The molecule has 4 unspecified atom stereocenters. The van der Waals surface area contributed by atoms with Gasteiger partial charge in [-0.2, -0.15) is 0 Å². The van der Waals surface area contributed by atoms with Gasteiger partial charge in [-0.15, -0.1) is 0 Å². The van der Waals surface area contributed by atoms with Crippen LogP contribution in [-0.2, 0) is 6.42 Å². The van der Waals surface area contributed by atoms with Crippen molar-refractivity contribution in [3.05, 3.63) is 59.2 Å². The zero-order valence-corrected chi connectivity index (χ0v) is 20.0. The van der Waals surface area contributed by atoms with Crippen molar-refractivity contribution in [3.8, 4) is 0 Å². The maximum Gasteiger partial charge on any atom is 0.166 e. The van der Waals surface area contributed by atoms with Gasteiger partial charge in [-0.25, -0.2) is 8.78 Å². The fourth-order valence-corrected chi connectivity index (χ4v) is 6.48. The van der Waals surface area contributed by atoms with Crippen molar-refractivity contribution >= 4 is 10.8 Å². The van der Waals surface area contributed by atoms with Crippen molar-refractivity contribution in [3.63, 3.8) is 0 Å². The predicted molar refractivity (Wildman–Crippen MR) is 132 cm³/mol. The Morgan fingerprint density at radius 2 is 1.75 bits per heavy atom. The summed E-state index contributed by atoms with van der Waals surface area (Å²) in [6, 6.07) is 7.99. The molecule has 174 valence electrons. The molecule has 0 amide bonds. The van der Waals surface area contributed by atoms with Crippen LogP contribution in [0.1, 0.15) is 102 Å². The lowest BCUT2D eigenvalue weighted by Crippen LogP contribution is -2.30. The summed E-state index contributed by atoms with van der Waals surface area (Å²) in [7, 11) is 0. The van der Waals surface area contributed by atoms with Gasteiger partial charge < -0.3 is 0 Å². The van der Waals surface area contributed by atoms with Gasteiger partial charge in [0.05, 0.1) is 0 Å². The van der Waals surface area contributed by atoms with Crippen LogP contribution >= 0.6 is 0 Å². The Morgan fingerprint density at radius 3 is 2.56 bits per heavy atom. The summed E-state index contributed by atoms with van der Waals surface area (Å²) in [5, 5.41) is 1.28. The predicted octanol–water partition coefficient (Wildman–Crippen LogP) is 9.51. The second-order valence-electron chi connectivity index (χ2n) is 10.5. The average Bonchev–Trinajstić information content (AvgIpc) is 2.82. The first kappa shape index (κ1) is 23.5. The minimum Gasteiger partial charge on any atom is -0.203 e. The molecule has 0 nitrogen and oxygen atoms in total. The third kappa shape index (κ3) is 5.26. The van der Waals surface area contributed by atoms with E-state index in [4.69, 9.17) is 0 Å². The van der Waals surface area contributed by atoms with Gasteiger partial charge >= 0.3 is 0 Å². The highest BCUT2D eigenvalue weighted by molar-refractivity contribution is 5.85. The molecule has 0 aromatic heterocycles. The quantitative estimate of drug-likeness (QED) is 0.284. The summed E-state index contributed by atoms with van der Waals surface area (Å²) >= 11 is 0. The van der Waals surface area contributed by atoms with Crippen molar-refractivity contribution in [2.75, 3.05) is 0 Å². The lowest BCUT2D eigenvalue weighted by molar-refractivity contribution is 0.113. The van der Waals surface area contributed by atoms with E-state index in [0.717, 1.165) is 29.6 Å². The van der Waals surface area contributed by atoms with Crippen molar-refractivity contribution in [1.29, 1.82) is 0 Å². The van der Waals surface area contributed by atoms with Gasteiger partial charge in [-0.05, 0) is 104 Å². The number of allylic oxidation sites excluding steroid dienone is 2. The third-order valence-corrected chi connectivity index (χ3v) is 8.34. The Morgan fingerprint density at radius 1 is 0.938 bits per heavy atom. The third-order valence-electron chi connectivity index (χ3n) is 8.34. The van der Waals surface area contributed by atoms with Gasteiger partial charge in [0.2, 0.25) is 0 Å². The van der Waals surface area contributed by atoms with Crippen molar-refractivity contribution in [1.82, 2.24) is 0 Å². The first-order chi connectivity index (χ1) is 15.6. The minimum atomic E-state index is -0.666. The van der Waals surface area contributed by atoms with Crippen molar-refractivity contribution < 1.29 is 8.78 Å². The number of fused-ring (bicyclic) bond motifs is 2. The highest BCUT2D eigenvalue weighted by Crippen LogP contribution is 2.48. The van der Waals surface area contributed by atoms with Crippen LogP contribution in [0.25, 0.3) is 10.8 Å². The first-order valence-corrected chi connectivity index (χ1v) is 13.1. The normalized spacial score (nSPS) is 26.0. The van der Waals surface area contributed by atoms with Crippen LogP contribution in [0.3, 0.4) is 0 Å². The second kappa shape index (κ2) is 10.9. The number of benzene rings is 2. The second-order valence-corrected chi connectivity index (χ2v) is 10.5. The average molecular weight is 439 g/mol. The summed E-state index contributed by atoms with van der Waals surface area (Å²) in [4.78, 5) is 0. The van der Waals surface area contributed by atoms with Crippen LogP contribution in [0.5, 0.6) is 0 Å². The van der Waals surface area contributed by atoms with E-state index in [1.807, 2.05) is 37.3 Å². The molecular weight excluding hydrogens is 398 g/mol. The lowest BCUT2D eigenvalue weighted by Gasteiger charge is -2.42. The smallest absolute Gasteiger partial charge is 0.166 e. The number of halogens is 2. The van der Waals surface area contributed by atoms with Gasteiger partial charge in [0.15, 0.2) is 11.6 Å². The molecule has 0 spiro atoms. The van der Waals surface area contributed by atoms with Crippen molar-refractivity contribution in [2.45, 2.75) is 96.8 Å². The molecule has 2 aliphatic carbocycles. The fraction of sp³-hybridized carbons (Fsp3) is 0.600. The molecule has 0 aliphatic heterocycles. The molecule has 4 atom stereocenters. The first-order valence-electron chi connectivity index (χ1n) is 13.1. The summed E-state index contributed by atoms with van der Waals surface area (Å²) in [6.07, 6.45) is 18.7. The Balaban J connectivity index is 1.44. The molecule has 2 heteroatoms. The summed E-state index contributed by atoms with van der Waals surface area (Å²) < 4.78 is 29.7. The topological polar surface area (TPSA) is 0 Å². The maximum absolute atomic E-state index is 15.0. The molecule has 2 aromatic carbocycles. The number of rotatable bonds is 8. The van der Waals surface area contributed by atoms with Gasteiger partial charge in [0.25, 0.3) is 0 Å². The molecule has 0 bridgehead atoms. The molecule has 2 aliphatic rings. The monoisotopic (exact) mass is 438 g/mol. The molecule has 0 N–H and O–H groups in total. The molecule has 0 saturated heterocycles. The molecule has 32 heavy (non-hydrogen) atoms. The molecule has 2 aromatic rings. The Bertz CT molecular complexity index is 928. The van der Waals surface area contributed by atoms with E-state index in [1.165, 1.54) is 69.8 Å². The van der Waals surface area contributed by atoms with E-state index in [-0.39, 0.29) is 0 Å². The highest BCUT2D eigenvalue weighted by atomic mass is 19.2. The number of hydrogen-bond acceptors (Lipinski definition) is 0. The van der Waals surface area contributed by atoms with Gasteiger partial charge in [-0.1, -0.05) is 63.3 Å². The molecule has 0 heterocycles. The van der Waals surface area contributed by atoms with Gasteiger partial charge in [0, 0.05) is 5.39 Å². The Hall–Kier alpha value is -1.70. The van der Waals surface area contributed by atoms with E-state index in [9.17, 15) is 8.78 Å². The molecule has 2 fully saturated rings. The standard InChI is InChI=1S/C30H40F2/c1-3-5-7-9-21-11-12-23-18-24(14-13-22(23)17-21)25-15-16-26-19-27(10-8-6-4-2)29(31)30(32)28(26)20-25/h4,6,15-16,19-24H,3,5,7-14,17-18H2,1-2H3/b6-4+. The Kier molecular flexibility index (Phi) is 8.02. The number of aryl methyl sites for hydroxylation is 1. The van der Waals surface area contributed by atoms with E-state index in [1.54, 1.807) is 0 Å². The SMILES string of the molecule is C/C=C/CCc1cc2ccc(C3CCC4CC(CCCCC)CCC4C3)cc2c(F)c1F. The zero-order chi connectivity index (χ0) is 22.5. The van der Waals surface area contributed by atoms with Crippen LogP contribution in [0.2, 0.25) is 0 Å². The molecular formula is C30H40F2. The van der Waals surface area contributed by atoms with Crippen LogP contribution in [0.15, 0.2) is 36.4 Å². The fourth-order valence-electron chi connectivity index (χ4n) is 6.48. The largest absolute Gasteiger partial charge is 0.203 e. The van der Waals surface area contributed by atoms with E-state index < -0.39 is 11.6 Å². The number of unbranched alkanes of at least 4 members (excludes halogenated alkanes) is 2. The summed E-state index contributed by atoms with van der Waals surface area (Å²) in [6.45, 7) is 4.24. The summed E-state index contributed by atoms with van der Waals surface area (Å²) in [5.41, 5.74) is 1.69.